The van der Waals surface area contributed by atoms with Crippen LogP contribution in [0.25, 0.3) is 0 Å². The Labute approximate surface area is 281 Å². The summed E-state index contributed by atoms with van der Waals surface area (Å²) in [7, 11) is 0. The van der Waals surface area contributed by atoms with Gasteiger partial charge in [-0.15, -0.1) is 0 Å². The third-order valence-corrected chi connectivity index (χ3v) is 8.49. The Morgan fingerprint density at radius 1 is 0.604 bits per heavy atom. The van der Waals surface area contributed by atoms with Crippen LogP contribution >= 0.6 is 0 Å². The molecule has 6 rings (SSSR count). The standard InChI is InChI=1S/C41H40O7/c1-30(42)47-39-38(45-28-32-19-9-3-10-20-32)37(44-27-31-17-7-2-8-18-31)36(48-40(39)43)29-46-41(33-21-11-4-12-22-33,34-23-13-5-14-24-34)35-25-15-6-16-26-35/h2-26,36-40,43H,27-29H2,1H3/t36-,37+,38-,39+,40-/m0/s1. The number of hydrogen-bond donors (Lipinski definition) is 1. The van der Waals surface area contributed by atoms with Crippen LogP contribution in [-0.4, -0.2) is 48.4 Å². The summed E-state index contributed by atoms with van der Waals surface area (Å²) in [6, 6.07) is 49.6. The van der Waals surface area contributed by atoms with Crippen molar-refractivity contribution in [2.75, 3.05) is 6.61 Å². The van der Waals surface area contributed by atoms with E-state index in [1.54, 1.807) is 0 Å². The maximum Gasteiger partial charge on any atom is 0.303 e. The first kappa shape index (κ1) is 33.3. The van der Waals surface area contributed by atoms with Crippen molar-refractivity contribution in [2.24, 2.45) is 0 Å². The quantitative estimate of drug-likeness (QED) is 0.111. The van der Waals surface area contributed by atoms with Crippen LogP contribution in [0.2, 0.25) is 0 Å². The number of benzene rings is 5. The molecular weight excluding hydrogens is 604 g/mol. The van der Waals surface area contributed by atoms with Crippen molar-refractivity contribution >= 4 is 5.97 Å². The summed E-state index contributed by atoms with van der Waals surface area (Å²) < 4.78 is 32.0. The van der Waals surface area contributed by atoms with Crippen molar-refractivity contribution in [3.05, 3.63) is 179 Å². The van der Waals surface area contributed by atoms with Gasteiger partial charge in [-0.25, -0.2) is 0 Å². The average Bonchev–Trinajstić information content (AvgIpc) is 3.14. The first-order chi connectivity index (χ1) is 23.5. The van der Waals surface area contributed by atoms with Crippen LogP contribution in [0.4, 0.5) is 0 Å². The van der Waals surface area contributed by atoms with E-state index in [0.29, 0.717) is 0 Å². The van der Waals surface area contributed by atoms with Crippen molar-refractivity contribution in [2.45, 2.75) is 56.4 Å². The molecule has 7 heteroatoms. The Balaban J connectivity index is 1.39. The van der Waals surface area contributed by atoms with Crippen molar-refractivity contribution in [1.82, 2.24) is 0 Å². The van der Waals surface area contributed by atoms with E-state index in [1.165, 1.54) is 6.92 Å². The lowest BCUT2D eigenvalue weighted by atomic mass is 9.80. The van der Waals surface area contributed by atoms with Gasteiger partial charge in [0.1, 0.15) is 23.9 Å². The molecule has 0 bridgehead atoms. The molecule has 0 aliphatic carbocycles. The average molecular weight is 645 g/mol. The monoisotopic (exact) mass is 644 g/mol. The van der Waals surface area contributed by atoms with E-state index in [0.717, 1.165) is 27.8 Å². The molecule has 0 saturated carbocycles. The van der Waals surface area contributed by atoms with E-state index < -0.39 is 42.3 Å². The minimum absolute atomic E-state index is 0.00713. The van der Waals surface area contributed by atoms with E-state index in [9.17, 15) is 9.90 Å². The largest absolute Gasteiger partial charge is 0.454 e. The van der Waals surface area contributed by atoms with E-state index in [1.807, 2.05) is 152 Å². The van der Waals surface area contributed by atoms with Gasteiger partial charge in [0.05, 0.1) is 19.8 Å². The molecule has 0 amide bonds. The highest BCUT2D eigenvalue weighted by atomic mass is 16.7. The third-order valence-electron chi connectivity index (χ3n) is 8.49. The molecule has 5 aromatic carbocycles. The molecular formula is C41H40O7. The second-order valence-corrected chi connectivity index (χ2v) is 11.8. The third kappa shape index (κ3) is 7.73. The van der Waals surface area contributed by atoms with Crippen LogP contribution in [-0.2, 0) is 47.3 Å². The summed E-state index contributed by atoms with van der Waals surface area (Å²) in [6.45, 7) is 1.74. The molecule has 0 radical (unpaired) electrons. The van der Waals surface area contributed by atoms with Gasteiger partial charge in [-0.2, -0.15) is 0 Å². The number of ether oxygens (including phenoxy) is 5. The lowest BCUT2D eigenvalue weighted by Crippen LogP contribution is -2.61. The van der Waals surface area contributed by atoms with Gasteiger partial charge < -0.3 is 28.8 Å². The second kappa shape index (κ2) is 16.0. The maximum absolute atomic E-state index is 12.3. The molecule has 5 atom stereocenters. The number of hydrogen-bond acceptors (Lipinski definition) is 7. The van der Waals surface area contributed by atoms with Crippen LogP contribution in [0.15, 0.2) is 152 Å². The molecule has 0 unspecified atom stereocenters. The van der Waals surface area contributed by atoms with Crippen LogP contribution in [0, 0.1) is 0 Å². The Morgan fingerprint density at radius 3 is 1.42 bits per heavy atom. The Kier molecular flexibility index (Phi) is 11.1. The number of carbonyl (C=O) groups is 1. The first-order valence-electron chi connectivity index (χ1n) is 16.2. The van der Waals surface area contributed by atoms with Gasteiger partial charge in [0.2, 0.25) is 0 Å². The SMILES string of the molecule is CC(=O)O[C@@H]1[C@@H](OCc2ccccc2)[C@H](OCc2ccccc2)[C@H](COC(c2ccccc2)(c2ccccc2)c2ccccc2)O[C@@H]1O. The smallest absolute Gasteiger partial charge is 0.303 e. The summed E-state index contributed by atoms with van der Waals surface area (Å²) in [5.74, 6) is -0.566. The van der Waals surface area contributed by atoms with Gasteiger partial charge >= 0.3 is 5.97 Å². The molecule has 1 aliphatic heterocycles. The zero-order valence-corrected chi connectivity index (χ0v) is 26.8. The summed E-state index contributed by atoms with van der Waals surface area (Å²) in [6.07, 6.45) is -5.10. The molecule has 0 aromatic heterocycles. The second-order valence-electron chi connectivity index (χ2n) is 11.8. The van der Waals surface area contributed by atoms with Gasteiger partial charge in [0.15, 0.2) is 12.4 Å². The predicted molar refractivity (Wildman–Crippen MR) is 182 cm³/mol. The van der Waals surface area contributed by atoms with Crippen molar-refractivity contribution in [3.8, 4) is 0 Å². The van der Waals surface area contributed by atoms with Crippen molar-refractivity contribution in [3.63, 3.8) is 0 Å². The van der Waals surface area contributed by atoms with Gasteiger partial charge in [-0.1, -0.05) is 152 Å². The zero-order chi connectivity index (χ0) is 33.2. The zero-order valence-electron chi connectivity index (χ0n) is 26.8. The van der Waals surface area contributed by atoms with Crippen LogP contribution < -0.4 is 0 Å². The van der Waals surface area contributed by atoms with Gasteiger partial charge in [-0.3, -0.25) is 4.79 Å². The van der Waals surface area contributed by atoms with Gasteiger partial charge in [0.25, 0.3) is 0 Å². The molecule has 1 fully saturated rings. The lowest BCUT2D eigenvalue weighted by Gasteiger charge is -2.45. The van der Waals surface area contributed by atoms with E-state index in [4.69, 9.17) is 23.7 Å². The molecule has 1 heterocycles. The Bertz CT molecular complexity index is 1590. The van der Waals surface area contributed by atoms with Crippen molar-refractivity contribution in [1.29, 1.82) is 0 Å². The molecule has 5 aromatic rings. The van der Waals surface area contributed by atoms with Crippen LogP contribution in [0.1, 0.15) is 34.7 Å². The topological polar surface area (TPSA) is 83.5 Å². The highest BCUT2D eigenvalue weighted by molar-refractivity contribution is 5.66. The van der Waals surface area contributed by atoms with Crippen molar-refractivity contribution < 1.29 is 33.6 Å². The number of carbonyl (C=O) groups excluding carboxylic acids is 1. The number of esters is 1. The molecule has 1 aliphatic rings. The number of aliphatic hydroxyl groups excluding tert-OH is 1. The molecule has 0 spiro atoms. The normalized spacial score (nSPS) is 21.0. The minimum atomic E-state index is -1.49. The van der Waals surface area contributed by atoms with Crippen LogP contribution in [0.3, 0.4) is 0 Å². The van der Waals surface area contributed by atoms with Gasteiger partial charge in [0, 0.05) is 6.92 Å². The highest BCUT2D eigenvalue weighted by Crippen LogP contribution is 2.41. The fourth-order valence-electron chi connectivity index (χ4n) is 6.25. The highest BCUT2D eigenvalue weighted by Gasteiger charge is 2.50. The number of rotatable bonds is 13. The predicted octanol–water partition coefficient (Wildman–Crippen LogP) is 6.81. The Morgan fingerprint density at radius 2 is 1.00 bits per heavy atom. The minimum Gasteiger partial charge on any atom is -0.454 e. The molecule has 48 heavy (non-hydrogen) atoms. The summed E-state index contributed by atoms with van der Waals surface area (Å²) >= 11 is 0. The number of aliphatic hydroxyl groups is 1. The van der Waals surface area contributed by atoms with E-state index in [2.05, 4.69) is 0 Å². The summed E-state index contributed by atoms with van der Waals surface area (Å²) in [4.78, 5) is 12.3. The van der Waals surface area contributed by atoms with E-state index in [-0.39, 0.29) is 19.8 Å². The van der Waals surface area contributed by atoms with E-state index >= 15 is 0 Å². The molecule has 1 saturated heterocycles. The molecule has 7 nitrogen and oxygen atoms in total. The van der Waals surface area contributed by atoms with Gasteiger partial charge in [-0.05, 0) is 27.8 Å². The Hall–Kier alpha value is -4.63. The summed E-state index contributed by atoms with van der Waals surface area (Å²) in [5, 5.41) is 11.3. The molecule has 1 N–H and O–H groups in total. The molecule has 246 valence electrons. The fourth-order valence-corrected chi connectivity index (χ4v) is 6.25. The fraction of sp³-hybridized carbons (Fsp3) is 0.244. The van der Waals surface area contributed by atoms with Crippen LogP contribution in [0.5, 0.6) is 0 Å². The summed E-state index contributed by atoms with van der Waals surface area (Å²) in [5.41, 5.74) is 3.61. The maximum atomic E-state index is 12.3. The lowest BCUT2D eigenvalue weighted by molar-refractivity contribution is -0.311. The first-order valence-corrected chi connectivity index (χ1v) is 16.2.